The van der Waals surface area contributed by atoms with Crippen molar-refractivity contribution in [3.8, 4) is 0 Å². The zero-order chi connectivity index (χ0) is 20.2. The summed E-state index contributed by atoms with van der Waals surface area (Å²) in [4.78, 5) is 32.0. The number of aliphatic carboxylic acids is 1. The van der Waals surface area contributed by atoms with Crippen LogP contribution in [0.4, 0.5) is 0 Å². The molecule has 1 aromatic heterocycles. The minimum absolute atomic E-state index is 0.0788. The molecule has 3 heterocycles. The van der Waals surface area contributed by atoms with Crippen LogP contribution in [0.3, 0.4) is 0 Å². The molecule has 0 saturated carbocycles. The number of piperidine rings is 1. The first-order valence-electron chi connectivity index (χ1n) is 10.2. The molecule has 1 aromatic carbocycles. The molecule has 1 amide bonds. The highest BCUT2D eigenvalue weighted by atomic mass is 32.1. The standard InChI is InChI=1S/C23H26N2O3S/c26-22(14-19-5-3-11-29-19)25-10-8-17(13-23(27)28)18(15-25)12-21-20-6-2-1-4-16(20)7-9-24-21/h1-6,11,17-18H,7-10,12-15H2,(H,27,28)/t17-,18-/m0/s1. The molecule has 0 spiro atoms. The predicted molar refractivity (Wildman–Crippen MR) is 115 cm³/mol. The average molecular weight is 411 g/mol. The van der Waals surface area contributed by atoms with Crippen LogP contribution in [0.2, 0.25) is 0 Å². The van der Waals surface area contributed by atoms with E-state index in [1.54, 1.807) is 11.3 Å². The third kappa shape index (κ3) is 4.75. The van der Waals surface area contributed by atoms with Gasteiger partial charge in [-0.3, -0.25) is 14.6 Å². The Balaban J connectivity index is 1.50. The Morgan fingerprint density at radius 3 is 2.83 bits per heavy atom. The first-order valence-corrected chi connectivity index (χ1v) is 11.1. The number of carbonyl (C=O) groups is 2. The van der Waals surface area contributed by atoms with E-state index in [-0.39, 0.29) is 24.2 Å². The van der Waals surface area contributed by atoms with Crippen molar-refractivity contribution >= 4 is 28.9 Å². The molecule has 0 radical (unpaired) electrons. The smallest absolute Gasteiger partial charge is 0.303 e. The second-order valence-electron chi connectivity index (χ2n) is 7.94. The molecule has 29 heavy (non-hydrogen) atoms. The maximum absolute atomic E-state index is 12.8. The highest BCUT2D eigenvalue weighted by Crippen LogP contribution is 2.32. The minimum atomic E-state index is -0.760. The van der Waals surface area contributed by atoms with Crippen molar-refractivity contribution in [2.75, 3.05) is 19.6 Å². The number of likely N-dealkylation sites (tertiary alicyclic amines) is 1. The number of hydrogen-bond donors (Lipinski definition) is 1. The van der Waals surface area contributed by atoms with Crippen LogP contribution in [-0.4, -0.2) is 47.2 Å². The summed E-state index contributed by atoms with van der Waals surface area (Å²) in [6, 6.07) is 12.3. The average Bonchev–Trinajstić information content (AvgIpc) is 3.22. The summed E-state index contributed by atoms with van der Waals surface area (Å²) in [6.07, 6.45) is 3.01. The fraction of sp³-hybridized carbons (Fsp3) is 0.435. The Morgan fingerprint density at radius 1 is 1.17 bits per heavy atom. The lowest BCUT2D eigenvalue weighted by Crippen LogP contribution is -2.45. The largest absolute Gasteiger partial charge is 0.481 e. The van der Waals surface area contributed by atoms with Crippen molar-refractivity contribution in [2.45, 2.75) is 32.1 Å². The summed E-state index contributed by atoms with van der Waals surface area (Å²) in [6.45, 7) is 2.04. The second kappa shape index (κ2) is 8.91. The summed E-state index contributed by atoms with van der Waals surface area (Å²) < 4.78 is 0. The fourth-order valence-corrected chi connectivity index (χ4v) is 5.24. The first-order chi connectivity index (χ1) is 14.1. The molecular formula is C23H26N2O3S. The maximum Gasteiger partial charge on any atom is 0.303 e. The van der Waals surface area contributed by atoms with Crippen LogP contribution in [0.5, 0.6) is 0 Å². The molecule has 0 aliphatic carbocycles. The van der Waals surface area contributed by atoms with E-state index in [2.05, 4.69) is 18.2 Å². The fourth-order valence-electron chi connectivity index (χ4n) is 4.54. The van der Waals surface area contributed by atoms with Gasteiger partial charge in [-0.15, -0.1) is 11.3 Å². The van der Waals surface area contributed by atoms with Crippen molar-refractivity contribution in [3.63, 3.8) is 0 Å². The van der Waals surface area contributed by atoms with E-state index >= 15 is 0 Å². The zero-order valence-electron chi connectivity index (χ0n) is 16.4. The lowest BCUT2D eigenvalue weighted by Gasteiger charge is -2.39. The number of carbonyl (C=O) groups excluding carboxylic acids is 1. The van der Waals surface area contributed by atoms with Crippen LogP contribution < -0.4 is 0 Å². The monoisotopic (exact) mass is 410 g/mol. The van der Waals surface area contributed by atoms with Crippen molar-refractivity contribution in [1.82, 2.24) is 4.90 Å². The minimum Gasteiger partial charge on any atom is -0.481 e. The van der Waals surface area contributed by atoms with Gasteiger partial charge in [0.25, 0.3) is 0 Å². The van der Waals surface area contributed by atoms with Crippen LogP contribution >= 0.6 is 11.3 Å². The highest BCUT2D eigenvalue weighted by molar-refractivity contribution is 7.10. The molecule has 5 nitrogen and oxygen atoms in total. The van der Waals surface area contributed by atoms with Gasteiger partial charge in [0.1, 0.15) is 0 Å². The van der Waals surface area contributed by atoms with E-state index in [0.29, 0.717) is 19.5 Å². The van der Waals surface area contributed by atoms with Gasteiger partial charge in [-0.2, -0.15) is 0 Å². The number of benzene rings is 1. The van der Waals surface area contributed by atoms with Crippen LogP contribution in [-0.2, 0) is 22.4 Å². The molecule has 0 bridgehead atoms. The summed E-state index contributed by atoms with van der Waals surface area (Å²) >= 11 is 1.60. The van der Waals surface area contributed by atoms with E-state index in [0.717, 1.165) is 36.4 Å². The van der Waals surface area contributed by atoms with Crippen LogP contribution in [0.25, 0.3) is 0 Å². The van der Waals surface area contributed by atoms with Gasteiger partial charge < -0.3 is 10.0 Å². The topological polar surface area (TPSA) is 70.0 Å². The van der Waals surface area contributed by atoms with Gasteiger partial charge in [-0.05, 0) is 53.7 Å². The van der Waals surface area contributed by atoms with E-state index in [1.165, 1.54) is 11.1 Å². The van der Waals surface area contributed by atoms with Crippen molar-refractivity contribution < 1.29 is 14.7 Å². The van der Waals surface area contributed by atoms with E-state index in [4.69, 9.17) is 4.99 Å². The van der Waals surface area contributed by atoms with Crippen LogP contribution in [0.1, 0.15) is 35.3 Å². The van der Waals surface area contributed by atoms with Crippen LogP contribution in [0.15, 0.2) is 46.8 Å². The van der Waals surface area contributed by atoms with Crippen molar-refractivity contribution in [1.29, 1.82) is 0 Å². The Morgan fingerprint density at radius 2 is 2.03 bits per heavy atom. The lowest BCUT2D eigenvalue weighted by atomic mass is 9.78. The molecule has 2 atom stereocenters. The normalized spacial score (nSPS) is 21.4. The molecule has 2 aliphatic rings. The molecule has 2 aliphatic heterocycles. The van der Waals surface area contributed by atoms with E-state index in [1.807, 2.05) is 28.5 Å². The molecule has 1 saturated heterocycles. The third-order valence-electron chi connectivity index (χ3n) is 6.05. The van der Waals surface area contributed by atoms with Crippen molar-refractivity contribution in [3.05, 3.63) is 57.8 Å². The number of rotatable bonds is 6. The number of thiophene rings is 1. The van der Waals surface area contributed by atoms with Gasteiger partial charge in [0, 0.05) is 36.6 Å². The molecule has 4 rings (SSSR count). The van der Waals surface area contributed by atoms with E-state index in [9.17, 15) is 14.7 Å². The quantitative estimate of drug-likeness (QED) is 0.790. The second-order valence-corrected chi connectivity index (χ2v) is 8.97. The summed E-state index contributed by atoms with van der Waals surface area (Å²) in [5.74, 6) is -0.423. The Kier molecular flexibility index (Phi) is 6.09. The number of fused-ring (bicyclic) bond motifs is 1. The first kappa shape index (κ1) is 19.8. The zero-order valence-corrected chi connectivity index (χ0v) is 17.2. The highest BCUT2D eigenvalue weighted by Gasteiger charge is 2.34. The number of hydrogen-bond acceptors (Lipinski definition) is 4. The van der Waals surface area contributed by atoms with Gasteiger partial charge >= 0.3 is 5.97 Å². The number of carboxylic acid groups (broad SMARTS) is 1. The van der Waals surface area contributed by atoms with E-state index < -0.39 is 5.97 Å². The molecule has 6 heteroatoms. The summed E-state index contributed by atoms with van der Waals surface area (Å²) in [7, 11) is 0. The molecule has 152 valence electrons. The Hall–Kier alpha value is -2.47. The molecular weight excluding hydrogens is 384 g/mol. The molecule has 1 N–H and O–H groups in total. The Bertz CT molecular complexity index is 907. The molecule has 1 fully saturated rings. The number of nitrogens with zero attached hydrogens (tertiary/aromatic N) is 2. The molecule has 2 aromatic rings. The van der Waals surface area contributed by atoms with Gasteiger partial charge in [0.2, 0.25) is 5.91 Å². The maximum atomic E-state index is 12.8. The number of aliphatic imine (C=N–C) groups is 1. The van der Waals surface area contributed by atoms with Gasteiger partial charge in [0.15, 0.2) is 0 Å². The van der Waals surface area contributed by atoms with Gasteiger partial charge in [0.05, 0.1) is 6.42 Å². The predicted octanol–water partition coefficient (Wildman–Crippen LogP) is 3.67. The lowest BCUT2D eigenvalue weighted by molar-refractivity contribution is -0.139. The number of amides is 1. The number of carboxylic acids is 1. The summed E-state index contributed by atoms with van der Waals surface area (Å²) in [5, 5.41) is 11.4. The van der Waals surface area contributed by atoms with Gasteiger partial charge in [-0.25, -0.2) is 0 Å². The SMILES string of the molecule is O=C(O)C[C@@H]1CCN(C(=O)Cc2cccs2)C[C@@H]1CC1=NCCc2ccccc21. The van der Waals surface area contributed by atoms with Crippen molar-refractivity contribution in [2.24, 2.45) is 16.8 Å². The van der Waals surface area contributed by atoms with Gasteiger partial charge in [-0.1, -0.05) is 30.3 Å². The van der Waals surface area contributed by atoms with Crippen LogP contribution in [0, 0.1) is 11.8 Å². The summed E-state index contributed by atoms with van der Waals surface area (Å²) in [5.41, 5.74) is 3.57. The third-order valence-corrected chi connectivity index (χ3v) is 6.93. The molecule has 0 unspecified atom stereocenters. The Labute approximate surface area is 175 Å².